The SMILES string of the molecule is O=C(O)C1CCN(Cc2cc3cccnc3n2-c2ccccc2)CC1. The Hall–Kier alpha value is -2.66. The minimum atomic E-state index is -0.665. The molecule has 2 aromatic heterocycles. The topological polar surface area (TPSA) is 58.4 Å². The number of carbonyl (C=O) groups is 1. The zero-order valence-electron chi connectivity index (χ0n) is 14.0. The fourth-order valence-electron chi connectivity index (χ4n) is 3.64. The standard InChI is InChI=1S/C20H21N3O2/c24-20(25)15-8-11-22(12-9-15)14-18-13-16-5-4-10-21-19(16)23(18)17-6-2-1-3-7-17/h1-7,10,13,15H,8-9,11-12,14H2,(H,24,25). The van der Waals surface area contributed by atoms with Crippen molar-refractivity contribution < 1.29 is 9.90 Å². The van der Waals surface area contributed by atoms with Crippen molar-refractivity contribution >= 4 is 17.0 Å². The summed E-state index contributed by atoms with van der Waals surface area (Å²) in [7, 11) is 0. The molecule has 1 fully saturated rings. The van der Waals surface area contributed by atoms with E-state index in [4.69, 9.17) is 0 Å². The second-order valence-electron chi connectivity index (χ2n) is 6.61. The van der Waals surface area contributed by atoms with Crippen LogP contribution in [0.3, 0.4) is 0 Å². The Morgan fingerprint density at radius 3 is 2.60 bits per heavy atom. The monoisotopic (exact) mass is 335 g/mol. The van der Waals surface area contributed by atoms with E-state index in [1.54, 1.807) is 0 Å². The summed E-state index contributed by atoms with van der Waals surface area (Å²) < 4.78 is 2.21. The van der Waals surface area contributed by atoms with Gasteiger partial charge in [0.25, 0.3) is 0 Å². The molecule has 1 N–H and O–H groups in total. The normalized spacial score (nSPS) is 16.3. The van der Waals surface area contributed by atoms with Crippen LogP contribution < -0.4 is 0 Å². The van der Waals surface area contributed by atoms with Gasteiger partial charge in [-0.15, -0.1) is 0 Å². The second-order valence-corrected chi connectivity index (χ2v) is 6.61. The zero-order chi connectivity index (χ0) is 17.2. The average molecular weight is 335 g/mol. The predicted molar refractivity (Wildman–Crippen MR) is 96.7 cm³/mol. The highest BCUT2D eigenvalue weighted by Crippen LogP contribution is 2.25. The number of aromatic nitrogens is 2. The first-order valence-corrected chi connectivity index (χ1v) is 8.68. The van der Waals surface area contributed by atoms with Gasteiger partial charge in [-0.1, -0.05) is 18.2 Å². The van der Waals surface area contributed by atoms with Gasteiger partial charge in [-0.3, -0.25) is 14.3 Å². The highest BCUT2D eigenvalue weighted by atomic mass is 16.4. The van der Waals surface area contributed by atoms with E-state index in [9.17, 15) is 9.90 Å². The van der Waals surface area contributed by atoms with Crippen molar-refractivity contribution in [2.75, 3.05) is 13.1 Å². The van der Waals surface area contributed by atoms with Crippen LogP contribution >= 0.6 is 0 Å². The van der Waals surface area contributed by atoms with Gasteiger partial charge in [-0.2, -0.15) is 0 Å². The Balaban J connectivity index is 1.65. The molecule has 5 heteroatoms. The van der Waals surface area contributed by atoms with Crippen LogP contribution in [0.4, 0.5) is 0 Å². The molecule has 1 aliphatic heterocycles. The van der Waals surface area contributed by atoms with Crippen molar-refractivity contribution in [2.24, 2.45) is 5.92 Å². The van der Waals surface area contributed by atoms with Crippen LogP contribution in [-0.4, -0.2) is 38.6 Å². The van der Waals surface area contributed by atoms with E-state index in [2.05, 4.69) is 38.7 Å². The number of benzene rings is 1. The fraction of sp³-hybridized carbons (Fsp3) is 0.300. The zero-order valence-corrected chi connectivity index (χ0v) is 14.0. The molecule has 1 saturated heterocycles. The van der Waals surface area contributed by atoms with Gasteiger partial charge in [0.1, 0.15) is 5.65 Å². The molecule has 0 unspecified atom stereocenters. The number of nitrogens with zero attached hydrogens (tertiary/aromatic N) is 3. The molecular weight excluding hydrogens is 314 g/mol. The molecule has 1 aliphatic rings. The molecule has 4 rings (SSSR count). The van der Waals surface area contributed by atoms with Crippen molar-refractivity contribution in [2.45, 2.75) is 19.4 Å². The molecule has 0 atom stereocenters. The lowest BCUT2D eigenvalue weighted by Crippen LogP contribution is -2.36. The summed E-state index contributed by atoms with van der Waals surface area (Å²) in [5.41, 5.74) is 3.25. The third-order valence-electron chi connectivity index (χ3n) is 4.97. The van der Waals surface area contributed by atoms with E-state index in [1.807, 2.05) is 30.5 Å². The summed E-state index contributed by atoms with van der Waals surface area (Å²) in [6.45, 7) is 2.44. The molecule has 0 radical (unpaired) electrons. The number of pyridine rings is 1. The van der Waals surface area contributed by atoms with Crippen molar-refractivity contribution in [3.05, 3.63) is 60.4 Å². The number of hydrogen-bond acceptors (Lipinski definition) is 3. The summed E-state index contributed by atoms with van der Waals surface area (Å²) in [6.07, 6.45) is 3.27. The number of likely N-dealkylation sites (tertiary alicyclic amines) is 1. The van der Waals surface area contributed by atoms with Gasteiger partial charge >= 0.3 is 5.97 Å². The maximum Gasteiger partial charge on any atom is 0.306 e. The van der Waals surface area contributed by atoms with E-state index in [-0.39, 0.29) is 5.92 Å². The molecule has 0 bridgehead atoms. The van der Waals surface area contributed by atoms with Crippen molar-refractivity contribution in [3.63, 3.8) is 0 Å². The highest BCUT2D eigenvalue weighted by Gasteiger charge is 2.25. The fourth-order valence-corrected chi connectivity index (χ4v) is 3.64. The molecule has 25 heavy (non-hydrogen) atoms. The Labute approximate surface area is 146 Å². The molecule has 0 aliphatic carbocycles. The smallest absolute Gasteiger partial charge is 0.306 e. The number of para-hydroxylation sites is 1. The van der Waals surface area contributed by atoms with E-state index in [1.165, 1.54) is 5.69 Å². The van der Waals surface area contributed by atoms with Crippen LogP contribution in [0.15, 0.2) is 54.7 Å². The maximum atomic E-state index is 11.1. The lowest BCUT2D eigenvalue weighted by atomic mass is 9.97. The summed E-state index contributed by atoms with van der Waals surface area (Å²) >= 11 is 0. The first kappa shape index (κ1) is 15.8. The quantitative estimate of drug-likeness (QED) is 0.794. The third kappa shape index (κ3) is 3.15. The molecule has 128 valence electrons. The van der Waals surface area contributed by atoms with E-state index < -0.39 is 5.97 Å². The summed E-state index contributed by atoms with van der Waals surface area (Å²) in [4.78, 5) is 18.1. The summed E-state index contributed by atoms with van der Waals surface area (Å²) in [5.74, 6) is -0.861. The average Bonchev–Trinajstić information content (AvgIpc) is 3.00. The molecule has 3 heterocycles. The highest BCUT2D eigenvalue weighted by molar-refractivity contribution is 5.79. The van der Waals surface area contributed by atoms with E-state index >= 15 is 0 Å². The van der Waals surface area contributed by atoms with Crippen molar-refractivity contribution in [1.82, 2.24) is 14.5 Å². The lowest BCUT2D eigenvalue weighted by molar-refractivity contribution is -0.143. The minimum absolute atomic E-state index is 0.196. The van der Waals surface area contributed by atoms with Gasteiger partial charge in [0.2, 0.25) is 0 Å². The number of fused-ring (bicyclic) bond motifs is 1. The van der Waals surface area contributed by atoms with Crippen LogP contribution in [0.5, 0.6) is 0 Å². The predicted octanol–water partition coefficient (Wildman–Crippen LogP) is 3.32. The first-order valence-electron chi connectivity index (χ1n) is 8.68. The molecule has 0 amide bonds. The van der Waals surface area contributed by atoms with Gasteiger partial charge in [-0.05, 0) is 56.3 Å². The molecule has 1 aromatic carbocycles. The first-order chi connectivity index (χ1) is 12.2. The van der Waals surface area contributed by atoms with Crippen molar-refractivity contribution in [3.8, 4) is 5.69 Å². The Morgan fingerprint density at radius 1 is 1.12 bits per heavy atom. The largest absolute Gasteiger partial charge is 0.481 e. The summed E-state index contributed by atoms with van der Waals surface area (Å²) in [6, 6.07) is 16.5. The van der Waals surface area contributed by atoms with Crippen molar-refractivity contribution in [1.29, 1.82) is 0 Å². The lowest BCUT2D eigenvalue weighted by Gasteiger charge is -2.30. The number of carboxylic acid groups (broad SMARTS) is 1. The van der Waals surface area contributed by atoms with E-state index in [0.717, 1.165) is 49.2 Å². The van der Waals surface area contributed by atoms with Gasteiger partial charge in [0.05, 0.1) is 5.92 Å². The van der Waals surface area contributed by atoms with Gasteiger partial charge < -0.3 is 5.11 Å². The number of rotatable bonds is 4. The number of aliphatic carboxylic acids is 1. The van der Waals surface area contributed by atoms with Crippen LogP contribution in [0, 0.1) is 5.92 Å². The third-order valence-corrected chi connectivity index (χ3v) is 4.97. The number of hydrogen-bond donors (Lipinski definition) is 1. The molecule has 0 saturated carbocycles. The van der Waals surface area contributed by atoms with Gasteiger partial charge in [0, 0.05) is 29.5 Å². The summed E-state index contributed by atoms with van der Waals surface area (Å²) in [5, 5.41) is 10.3. The minimum Gasteiger partial charge on any atom is -0.481 e. The van der Waals surface area contributed by atoms with Gasteiger partial charge in [-0.25, -0.2) is 4.98 Å². The maximum absolute atomic E-state index is 11.1. The Kier molecular flexibility index (Phi) is 4.24. The number of carboxylic acids is 1. The number of piperidine rings is 1. The van der Waals surface area contributed by atoms with E-state index in [0.29, 0.717) is 0 Å². The molecular formula is C20H21N3O2. The molecule has 0 spiro atoms. The molecule has 3 aromatic rings. The van der Waals surface area contributed by atoms with Crippen LogP contribution in [0.25, 0.3) is 16.7 Å². The van der Waals surface area contributed by atoms with Crippen LogP contribution in [-0.2, 0) is 11.3 Å². The second kappa shape index (κ2) is 6.69. The van der Waals surface area contributed by atoms with Crippen LogP contribution in [0.1, 0.15) is 18.5 Å². The molecule has 5 nitrogen and oxygen atoms in total. The Bertz CT molecular complexity index is 880. The Morgan fingerprint density at radius 2 is 1.88 bits per heavy atom. The van der Waals surface area contributed by atoms with Gasteiger partial charge in [0.15, 0.2) is 0 Å². The van der Waals surface area contributed by atoms with Crippen LogP contribution in [0.2, 0.25) is 0 Å².